The van der Waals surface area contributed by atoms with Crippen molar-refractivity contribution < 1.29 is 23.0 Å². The van der Waals surface area contributed by atoms with Crippen molar-refractivity contribution in [1.29, 1.82) is 0 Å². The second-order valence-corrected chi connectivity index (χ2v) is 4.13. The number of ether oxygens (including phenoxy) is 1. The number of hydrogen-bond acceptors (Lipinski definition) is 3. The predicted octanol–water partition coefficient (Wildman–Crippen LogP) is 2.82. The molecular formula is C8H6ClF3INO2. The summed E-state index contributed by atoms with van der Waals surface area (Å²) in [6, 6.07) is 0. The van der Waals surface area contributed by atoms with E-state index in [0.29, 0.717) is 3.57 Å². The highest BCUT2D eigenvalue weighted by atomic mass is 127. The van der Waals surface area contributed by atoms with Crippen LogP contribution in [-0.4, -0.2) is 16.5 Å². The maximum absolute atomic E-state index is 12.1. The van der Waals surface area contributed by atoms with Crippen molar-refractivity contribution in [2.75, 3.05) is 0 Å². The van der Waals surface area contributed by atoms with Crippen molar-refractivity contribution in [3.05, 3.63) is 21.0 Å². The molecule has 0 fully saturated rings. The lowest BCUT2D eigenvalue weighted by Crippen LogP contribution is -2.20. The van der Waals surface area contributed by atoms with Crippen LogP contribution in [0.15, 0.2) is 6.20 Å². The minimum absolute atomic E-state index is 0.0311. The lowest BCUT2D eigenvalue weighted by Gasteiger charge is -2.15. The van der Waals surface area contributed by atoms with Crippen molar-refractivity contribution >= 4 is 34.2 Å². The van der Waals surface area contributed by atoms with Gasteiger partial charge in [-0.2, -0.15) is 0 Å². The summed E-state index contributed by atoms with van der Waals surface area (Å²) >= 11 is 7.21. The third kappa shape index (κ3) is 3.36. The number of hydrogen-bond donors (Lipinski definition) is 1. The van der Waals surface area contributed by atoms with E-state index >= 15 is 0 Å². The van der Waals surface area contributed by atoms with E-state index in [0.717, 1.165) is 0 Å². The van der Waals surface area contributed by atoms with Crippen LogP contribution >= 0.6 is 34.2 Å². The zero-order valence-corrected chi connectivity index (χ0v) is 10.6. The molecule has 0 atom stereocenters. The molecule has 0 bridgehead atoms. The number of pyridine rings is 1. The Kier molecular flexibility index (Phi) is 4.62. The molecule has 1 rings (SSSR count). The normalized spacial score (nSPS) is 11.6. The molecule has 0 saturated heterocycles. The van der Waals surface area contributed by atoms with Gasteiger partial charge in [0, 0.05) is 15.3 Å². The summed E-state index contributed by atoms with van der Waals surface area (Å²) < 4.78 is 40.6. The van der Waals surface area contributed by atoms with Gasteiger partial charge in [0.1, 0.15) is 0 Å². The van der Waals surface area contributed by atoms with Crippen LogP contribution in [0.2, 0.25) is 0 Å². The summed E-state index contributed by atoms with van der Waals surface area (Å²) in [6.07, 6.45) is -3.51. The van der Waals surface area contributed by atoms with Crippen LogP contribution in [0.5, 0.6) is 5.75 Å². The highest BCUT2D eigenvalue weighted by molar-refractivity contribution is 14.1. The molecule has 0 spiro atoms. The zero-order valence-electron chi connectivity index (χ0n) is 7.68. The van der Waals surface area contributed by atoms with Gasteiger partial charge in [-0.25, -0.2) is 0 Å². The largest absolute Gasteiger partial charge is 0.573 e. The SMILES string of the molecule is OCc1c(I)cnc(CCl)c1OC(F)(F)F. The minimum atomic E-state index is -4.84. The lowest BCUT2D eigenvalue weighted by atomic mass is 10.2. The molecule has 0 radical (unpaired) electrons. The maximum Gasteiger partial charge on any atom is 0.573 e. The van der Waals surface area contributed by atoms with Gasteiger partial charge in [-0.05, 0) is 22.6 Å². The lowest BCUT2D eigenvalue weighted by molar-refractivity contribution is -0.275. The number of rotatable bonds is 3. The van der Waals surface area contributed by atoms with Crippen molar-refractivity contribution in [2.24, 2.45) is 0 Å². The average Bonchev–Trinajstić information content (AvgIpc) is 2.16. The molecule has 0 saturated carbocycles. The first-order valence-electron chi connectivity index (χ1n) is 3.98. The number of aliphatic hydroxyl groups is 1. The Morgan fingerprint density at radius 2 is 2.12 bits per heavy atom. The molecule has 3 nitrogen and oxygen atoms in total. The summed E-state index contributed by atoms with van der Waals surface area (Å²) in [5.41, 5.74) is -0.0213. The smallest absolute Gasteiger partial charge is 0.403 e. The van der Waals surface area contributed by atoms with Crippen molar-refractivity contribution in [3.8, 4) is 5.75 Å². The van der Waals surface area contributed by atoms with E-state index in [-0.39, 0.29) is 17.1 Å². The molecule has 1 N–H and O–H groups in total. The van der Waals surface area contributed by atoms with Crippen LogP contribution in [0.3, 0.4) is 0 Å². The highest BCUT2D eigenvalue weighted by Crippen LogP contribution is 2.32. The summed E-state index contributed by atoms with van der Waals surface area (Å²) in [4.78, 5) is 3.71. The van der Waals surface area contributed by atoms with E-state index in [1.165, 1.54) is 6.20 Å². The Morgan fingerprint density at radius 1 is 1.50 bits per heavy atom. The van der Waals surface area contributed by atoms with Crippen molar-refractivity contribution in [2.45, 2.75) is 18.8 Å². The van der Waals surface area contributed by atoms with E-state index < -0.39 is 18.7 Å². The Morgan fingerprint density at radius 3 is 2.56 bits per heavy atom. The van der Waals surface area contributed by atoms with Crippen molar-refractivity contribution in [3.63, 3.8) is 0 Å². The second-order valence-electron chi connectivity index (χ2n) is 2.70. The minimum Gasteiger partial charge on any atom is -0.403 e. The second kappa shape index (κ2) is 5.37. The van der Waals surface area contributed by atoms with Gasteiger partial charge in [0.2, 0.25) is 0 Å². The quantitative estimate of drug-likeness (QED) is 0.660. The van der Waals surface area contributed by atoms with Gasteiger partial charge in [0.15, 0.2) is 5.75 Å². The Hall–Kier alpha value is -0.280. The molecule has 0 aromatic carbocycles. The standard InChI is InChI=1S/C8H6ClF3INO2/c9-1-6-7(16-8(10,11)12)4(3-15)5(13)2-14-6/h2,15H,1,3H2. The first-order valence-corrected chi connectivity index (χ1v) is 5.59. The fourth-order valence-electron chi connectivity index (χ4n) is 1.03. The molecular weight excluding hydrogens is 361 g/mol. The molecule has 0 aliphatic carbocycles. The topological polar surface area (TPSA) is 42.4 Å². The van der Waals surface area contributed by atoms with Gasteiger partial charge in [-0.3, -0.25) is 4.98 Å². The fourth-order valence-corrected chi connectivity index (χ4v) is 1.78. The van der Waals surface area contributed by atoms with E-state index in [1.54, 1.807) is 22.6 Å². The van der Waals surface area contributed by atoms with Gasteiger partial charge in [-0.1, -0.05) is 0 Å². The third-order valence-corrected chi connectivity index (χ3v) is 2.84. The van der Waals surface area contributed by atoms with Gasteiger partial charge < -0.3 is 9.84 Å². The average molecular weight is 367 g/mol. The first kappa shape index (κ1) is 13.8. The van der Waals surface area contributed by atoms with Crippen LogP contribution in [0, 0.1) is 3.57 Å². The van der Waals surface area contributed by atoms with Crippen LogP contribution in [0.1, 0.15) is 11.3 Å². The summed E-state index contributed by atoms with van der Waals surface area (Å²) in [5, 5.41) is 8.99. The monoisotopic (exact) mass is 367 g/mol. The molecule has 0 amide bonds. The van der Waals surface area contributed by atoms with Crippen LogP contribution < -0.4 is 4.74 Å². The van der Waals surface area contributed by atoms with Crippen LogP contribution in [0.4, 0.5) is 13.2 Å². The fraction of sp³-hybridized carbons (Fsp3) is 0.375. The molecule has 1 heterocycles. The van der Waals surface area contributed by atoms with Gasteiger partial charge >= 0.3 is 6.36 Å². The molecule has 1 aromatic heterocycles. The summed E-state index contributed by atoms with van der Waals surface area (Å²) in [6.45, 7) is -0.573. The number of halogens is 5. The predicted molar refractivity (Wildman–Crippen MR) is 59.1 cm³/mol. The number of alkyl halides is 4. The molecule has 90 valence electrons. The maximum atomic E-state index is 12.1. The number of aliphatic hydroxyl groups excluding tert-OH is 1. The molecule has 0 aliphatic heterocycles. The Bertz CT molecular complexity index is 386. The third-order valence-electron chi connectivity index (χ3n) is 1.66. The highest BCUT2D eigenvalue weighted by Gasteiger charge is 2.34. The number of aromatic nitrogens is 1. The van der Waals surface area contributed by atoms with Gasteiger partial charge in [0.25, 0.3) is 0 Å². The van der Waals surface area contributed by atoms with Crippen molar-refractivity contribution in [1.82, 2.24) is 4.98 Å². The van der Waals surface area contributed by atoms with E-state index in [9.17, 15) is 13.2 Å². The summed E-state index contributed by atoms with van der Waals surface area (Å²) in [7, 11) is 0. The van der Waals surface area contributed by atoms with Crippen LogP contribution in [-0.2, 0) is 12.5 Å². The van der Waals surface area contributed by atoms with Gasteiger partial charge in [-0.15, -0.1) is 24.8 Å². The molecule has 16 heavy (non-hydrogen) atoms. The van der Waals surface area contributed by atoms with E-state index in [4.69, 9.17) is 16.7 Å². The molecule has 8 heteroatoms. The number of nitrogens with zero attached hydrogens (tertiary/aromatic N) is 1. The Labute approximate surface area is 108 Å². The Balaban J connectivity index is 3.25. The molecule has 0 aliphatic rings. The van der Waals surface area contributed by atoms with Crippen LogP contribution in [0.25, 0.3) is 0 Å². The zero-order chi connectivity index (χ0) is 12.3. The molecule has 0 unspecified atom stereocenters. The van der Waals surface area contributed by atoms with E-state index in [2.05, 4.69) is 9.72 Å². The van der Waals surface area contributed by atoms with Gasteiger partial charge in [0.05, 0.1) is 18.2 Å². The summed E-state index contributed by atoms with van der Waals surface area (Å²) in [5.74, 6) is -0.744. The first-order chi connectivity index (χ1) is 7.39. The van der Waals surface area contributed by atoms with E-state index in [1.807, 2.05) is 0 Å². The molecule has 1 aromatic rings.